The number of oxime groups is 1. The lowest BCUT2D eigenvalue weighted by Crippen LogP contribution is -2.59. The van der Waals surface area contributed by atoms with Gasteiger partial charge in [0.2, 0.25) is 5.95 Å². The van der Waals surface area contributed by atoms with E-state index in [1.54, 1.807) is 56.8 Å². The minimum absolute atomic E-state index is 0.261. The maximum atomic E-state index is 13.4. The fourth-order valence-electron chi connectivity index (χ4n) is 3.93. The van der Waals surface area contributed by atoms with E-state index < -0.39 is 18.3 Å². The van der Waals surface area contributed by atoms with Gasteiger partial charge in [0.1, 0.15) is 24.4 Å². The van der Waals surface area contributed by atoms with E-state index in [4.69, 9.17) is 23.8 Å². The van der Waals surface area contributed by atoms with Crippen molar-refractivity contribution in [3.05, 3.63) is 66.5 Å². The van der Waals surface area contributed by atoms with Gasteiger partial charge in [-0.15, -0.1) is 0 Å². The summed E-state index contributed by atoms with van der Waals surface area (Å²) in [5.41, 5.74) is 2.45. The number of rotatable bonds is 8. The SMILES string of the molecule is CO[C@@H]1[C@@H](OC)[C@H](C)O[C@@H](O/N=C/c2ccc(-c3cn(-c4cccc(F)n4)cn3)cc2)[C@@H]1OC. The number of benzene rings is 1. The van der Waals surface area contributed by atoms with Gasteiger partial charge < -0.3 is 23.8 Å². The molecule has 2 aromatic heterocycles. The van der Waals surface area contributed by atoms with Crippen LogP contribution in [-0.2, 0) is 23.8 Å². The molecule has 0 N–H and O–H groups in total. The molecule has 10 heteroatoms. The van der Waals surface area contributed by atoms with Crippen LogP contribution in [0.15, 0.2) is 60.1 Å². The molecule has 0 unspecified atom stereocenters. The Balaban J connectivity index is 1.41. The Hall–Kier alpha value is -3.18. The number of pyridine rings is 1. The molecule has 5 atom stereocenters. The summed E-state index contributed by atoms with van der Waals surface area (Å²) in [6.07, 6.45) is 2.82. The lowest BCUT2D eigenvalue weighted by molar-refractivity contribution is -0.305. The monoisotopic (exact) mass is 470 g/mol. The summed E-state index contributed by atoms with van der Waals surface area (Å²) in [4.78, 5) is 13.8. The summed E-state index contributed by atoms with van der Waals surface area (Å²) in [6.45, 7) is 1.89. The lowest BCUT2D eigenvalue weighted by atomic mass is 9.99. The molecule has 9 nitrogen and oxygen atoms in total. The fraction of sp³-hybridized carbons (Fsp3) is 0.375. The minimum Gasteiger partial charge on any atom is -0.376 e. The number of nitrogens with zero attached hydrogens (tertiary/aromatic N) is 4. The van der Waals surface area contributed by atoms with Crippen molar-refractivity contribution >= 4 is 6.21 Å². The van der Waals surface area contributed by atoms with Crippen LogP contribution >= 0.6 is 0 Å². The first-order valence-electron chi connectivity index (χ1n) is 10.7. The van der Waals surface area contributed by atoms with Crippen molar-refractivity contribution in [2.24, 2.45) is 5.16 Å². The highest BCUT2D eigenvalue weighted by Crippen LogP contribution is 2.27. The summed E-state index contributed by atoms with van der Waals surface area (Å²) in [5, 5.41) is 4.08. The first kappa shape index (κ1) is 24.0. The van der Waals surface area contributed by atoms with Gasteiger partial charge in [-0.2, -0.15) is 4.39 Å². The minimum atomic E-state index is -0.743. The highest BCUT2D eigenvalue weighted by atomic mass is 19.1. The molecule has 3 aromatic rings. The molecular weight excluding hydrogens is 443 g/mol. The Morgan fingerprint density at radius 3 is 2.41 bits per heavy atom. The van der Waals surface area contributed by atoms with Gasteiger partial charge in [-0.25, -0.2) is 9.97 Å². The van der Waals surface area contributed by atoms with Gasteiger partial charge in [-0.05, 0) is 24.6 Å². The zero-order valence-corrected chi connectivity index (χ0v) is 19.4. The molecule has 1 aromatic carbocycles. The molecule has 1 aliphatic heterocycles. The molecule has 0 amide bonds. The smallest absolute Gasteiger partial charge is 0.256 e. The number of hydrogen-bond acceptors (Lipinski definition) is 8. The summed E-state index contributed by atoms with van der Waals surface area (Å²) >= 11 is 0. The van der Waals surface area contributed by atoms with Crippen molar-refractivity contribution in [1.29, 1.82) is 0 Å². The third-order valence-electron chi connectivity index (χ3n) is 5.66. The lowest BCUT2D eigenvalue weighted by Gasteiger charge is -2.42. The quantitative estimate of drug-likeness (QED) is 0.284. The molecule has 0 radical (unpaired) electrons. The van der Waals surface area contributed by atoms with Gasteiger partial charge in [-0.1, -0.05) is 35.5 Å². The van der Waals surface area contributed by atoms with Crippen LogP contribution in [0.4, 0.5) is 4.39 Å². The van der Waals surface area contributed by atoms with Crippen molar-refractivity contribution in [2.75, 3.05) is 21.3 Å². The topological polar surface area (TPSA) is 89.2 Å². The largest absolute Gasteiger partial charge is 0.376 e. The normalized spacial score (nSPS) is 25.0. The van der Waals surface area contributed by atoms with Crippen molar-refractivity contribution < 1.29 is 28.2 Å². The van der Waals surface area contributed by atoms with E-state index in [1.807, 2.05) is 31.2 Å². The van der Waals surface area contributed by atoms with Crippen LogP contribution in [0, 0.1) is 5.95 Å². The van der Waals surface area contributed by atoms with E-state index in [1.165, 1.54) is 6.07 Å². The van der Waals surface area contributed by atoms with Crippen LogP contribution in [0.5, 0.6) is 0 Å². The Morgan fingerprint density at radius 1 is 1.00 bits per heavy atom. The van der Waals surface area contributed by atoms with E-state index in [2.05, 4.69) is 15.1 Å². The molecule has 0 saturated carbocycles. The number of ether oxygens (including phenoxy) is 4. The van der Waals surface area contributed by atoms with E-state index in [9.17, 15) is 4.39 Å². The summed E-state index contributed by atoms with van der Waals surface area (Å²) in [6, 6.07) is 12.2. The first-order valence-corrected chi connectivity index (χ1v) is 10.7. The van der Waals surface area contributed by atoms with Gasteiger partial charge in [0.15, 0.2) is 6.10 Å². The van der Waals surface area contributed by atoms with Crippen LogP contribution in [0.3, 0.4) is 0 Å². The summed E-state index contributed by atoms with van der Waals surface area (Å²) < 4.78 is 37.5. The zero-order chi connectivity index (χ0) is 24.1. The standard InChI is InChI=1S/C24H27FN4O5/c1-15-21(30-2)22(31-3)23(32-4)24(33-15)34-27-12-16-8-10-17(11-9-16)18-13-29(14-26-18)20-7-5-6-19(25)28-20/h5-15,21-24H,1-4H3/b27-12+/t15-,21-,22+,23+,24-/m0/s1. The molecule has 1 saturated heterocycles. The van der Waals surface area contributed by atoms with Crippen molar-refractivity contribution in [2.45, 2.75) is 37.6 Å². The second kappa shape index (κ2) is 10.8. The third kappa shape index (κ3) is 5.15. The molecule has 0 aliphatic carbocycles. The number of hydrogen-bond donors (Lipinski definition) is 0. The molecule has 0 bridgehead atoms. The molecule has 0 spiro atoms. The van der Waals surface area contributed by atoms with E-state index in [-0.39, 0.29) is 18.3 Å². The molecule has 34 heavy (non-hydrogen) atoms. The maximum absolute atomic E-state index is 13.4. The number of methoxy groups -OCH3 is 3. The second-order valence-electron chi connectivity index (χ2n) is 7.76. The Labute approximate surface area is 197 Å². The molecule has 4 rings (SSSR count). The number of imidazole rings is 1. The predicted molar refractivity (Wildman–Crippen MR) is 122 cm³/mol. The Morgan fingerprint density at radius 2 is 1.74 bits per heavy atom. The maximum Gasteiger partial charge on any atom is 0.256 e. The third-order valence-corrected chi connectivity index (χ3v) is 5.66. The second-order valence-corrected chi connectivity index (χ2v) is 7.76. The predicted octanol–water partition coefficient (Wildman–Crippen LogP) is 3.21. The molecule has 1 fully saturated rings. The van der Waals surface area contributed by atoms with Crippen LogP contribution in [0.25, 0.3) is 17.1 Å². The Bertz CT molecular complexity index is 1110. The van der Waals surface area contributed by atoms with Gasteiger partial charge in [0.25, 0.3) is 6.29 Å². The molecule has 180 valence electrons. The van der Waals surface area contributed by atoms with Gasteiger partial charge in [0.05, 0.1) is 18.0 Å². The van der Waals surface area contributed by atoms with Crippen molar-refractivity contribution in [3.63, 3.8) is 0 Å². The first-order chi connectivity index (χ1) is 16.5. The average molecular weight is 471 g/mol. The van der Waals surface area contributed by atoms with Gasteiger partial charge >= 0.3 is 0 Å². The van der Waals surface area contributed by atoms with Gasteiger partial charge in [-0.3, -0.25) is 4.57 Å². The average Bonchev–Trinajstić information content (AvgIpc) is 3.34. The summed E-state index contributed by atoms with van der Waals surface area (Å²) in [5.74, 6) is -0.0828. The van der Waals surface area contributed by atoms with Crippen molar-refractivity contribution in [1.82, 2.24) is 14.5 Å². The van der Waals surface area contributed by atoms with E-state index in [0.29, 0.717) is 5.82 Å². The summed E-state index contributed by atoms with van der Waals surface area (Å²) in [7, 11) is 4.77. The number of aromatic nitrogens is 3. The van der Waals surface area contributed by atoms with Crippen LogP contribution in [0.2, 0.25) is 0 Å². The Kier molecular flexibility index (Phi) is 7.63. The van der Waals surface area contributed by atoms with Crippen LogP contribution in [-0.4, -0.2) is 72.8 Å². The zero-order valence-electron chi connectivity index (χ0n) is 19.4. The van der Waals surface area contributed by atoms with Crippen LogP contribution in [0.1, 0.15) is 12.5 Å². The van der Waals surface area contributed by atoms with Gasteiger partial charge in [0, 0.05) is 33.1 Å². The van der Waals surface area contributed by atoms with E-state index in [0.717, 1.165) is 16.8 Å². The van der Waals surface area contributed by atoms with E-state index >= 15 is 0 Å². The molecule has 3 heterocycles. The highest BCUT2D eigenvalue weighted by molar-refractivity contribution is 5.80. The fourth-order valence-corrected chi connectivity index (χ4v) is 3.93. The van der Waals surface area contributed by atoms with Crippen LogP contribution < -0.4 is 0 Å². The molecular formula is C24H27FN4O5. The molecule has 1 aliphatic rings. The highest BCUT2D eigenvalue weighted by Gasteiger charge is 2.46. The number of halogens is 1. The van der Waals surface area contributed by atoms with Crippen molar-refractivity contribution in [3.8, 4) is 17.1 Å².